The van der Waals surface area contributed by atoms with E-state index in [1.165, 1.54) is 31.2 Å². The molecule has 3 saturated heterocycles. The van der Waals surface area contributed by atoms with Gasteiger partial charge in [-0.1, -0.05) is 24.3 Å². The molecular weight excluding hydrogens is 536 g/mol. The van der Waals surface area contributed by atoms with E-state index in [0.717, 1.165) is 100.0 Å². The highest BCUT2D eigenvalue weighted by Gasteiger charge is 2.84. The maximum Gasteiger partial charge on any atom is 0.145 e. The first-order chi connectivity index (χ1) is 21.0. The molecule has 228 valence electrons. The monoisotopic (exact) mass is 582 g/mol. The number of aromatic hydroxyl groups is 1. The number of aliphatic imine (C=N–C) groups is 1. The molecule has 7 heteroatoms. The van der Waals surface area contributed by atoms with Crippen molar-refractivity contribution >= 4 is 16.6 Å². The number of aromatic amines is 1. The van der Waals surface area contributed by atoms with Gasteiger partial charge in [0.2, 0.25) is 0 Å². The Bertz CT molecular complexity index is 1530. The number of H-pyrrole nitrogens is 1. The number of fused-ring (bicyclic) bond motifs is 8. The van der Waals surface area contributed by atoms with Crippen LogP contribution >= 0.6 is 0 Å². The predicted octanol–water partition coefficient (Wildman–Crippen LogP) is 5.11. The molecule has 1 spiro atoms. The first-order valence-corrected chi connectivity index (χ1v) is 17.1. The molecule has 4 fully saturated rings. The molecule has 1 saturated carbocycles. The van der Waals surface area contributed by atoms with Crippen LogP contribution in [0.3, 0.4) is 0 Å². The van der Waals surface area contributed by atoms with Crippen molar-refractivity contribution in [1.82, 2.24) is 14.8 Å². The normalized spacial score (nSPS) is 43.8. The Morgan fingerprint density at radius 3 is 2.79 bits per heavy atom. The highest BCUT2D eigenvalue weighted by Crippen LogP contribution is 2.71. The molecule has 6 aliphatic heterocycles. The van der Waals surface area contributed by atoms with Crippen LogP contribution in [0, 0.1) is 11.3 Å². The number of allylic oxidation sites excluding steroid dienone is 3. The summed E-state index contributed by atoms with van der Waals surface area (Å²) < 4.78 is 7.14. The van der Waals surface area contributed by atoms with Crippen molar-refractivity contribution in [3.8, 4) is 5.75 Å². The lowest BCUT2D eigenvalue weighted by Crippen LogP contribution is -2.73. The maximum absolute atomic E-state index is 13.3. The number of aromatic nitrogens is 1. The Morgan fingerprint density at radius 1 is 1.00 bits per heavy atom. The number of phenolic OH excluding ortho intramolecular Hbond substituents is 1. The molecule has 1 aromatic heterocycles. The van der Waals surface area contributed by atoms with E-state index in [0.29, 0.717) is 17.7 Å². The van der Waals surface area contributed by atoms with Crippen LogP contribution < -0.4 is 0 Å². The third kappa shape index (κ3) is 3.77. The maximum atomic E-state index is 13.3. The van der Waals surface area contributed by atoms with Crippen molar-refractivity contribution in [1.29, 1.82) is 0 Å². The third-order valence-electron chi connectivity index (χ3n) is 12.4. The molecule has 1 unspecified atom stereocenters. The minimum absolute atomic E-state index is 0.0679. The molecule has 0 amide bonds. The summed E-state index contributed by atoms with van der Waals surface area (Å²) in [6.07, 6.45) is 21.1. The molecular formula is C36H46N4O3. The lowest BCUT2D eigenvalue weighted by atomic mass is 9.50. The fourth-order valence-electron chi connectivity index (χ4n) is 10.9. The van der Waals surface area contributed by atoms with Gasteiger partial charge in [0.05, 0.1) is 11.4 Å². The molecule has 1 aliphatic carbocycles. The summed E-state index contributed by atoms with van der Waals surface area (Å²) in [7, 11) is 0. The number of epoxide rings is 1. The SMILES string of the molecule is Oc1ccc2[nH]c3c(c2c1)CCN=C3[C@@]12O[C@H]1[C@@]1(O)CC/C=C\CCCCN3CC[C@@H]2[C@]2(C[C@@H]4/C=C\CCCCN4[C@@H]12)C3. The van der Waals surface area contributed by atoms with Gasteiger partial charge in [-0.05, 0) is 114 Å². The highest BCUT2D eigenvalue weighted by molar-refractivity contribution is 6.13. The van der Waals surface area contributed by atoms with E-state index in [9.17, 15) is 10.2 Å². The van der Waals surface area contributed by atoms with Gasteiger partial charge < -0.3 is 24.8 Å². The summed E-state index contributed by atoms with van der Waals surface area (Å²) in [4.78, 5) is 14.5. The number of aliphatic hydroxyl groups is 1. The van der Waals surface area contributed by atoms with Gasteiger partial charge in [-0.25, -0.2) is 0 Å². The van der Waals surface area contributed by atoms with Gasteiger partial charge >= 0.3 is 0 Å². The van der Waals surface area contributed by atoms with Crippen LogP contribution in [-0.2, 0) is 11.2 Å². The van der Waals surface area contributed by atoms with E-state index in [-0.39, 0.29) is 17.6 Å². The van der Waals surface area contributed by atoms with Crippen molar-refractivity contribution in [3.05, 3.63) is 53.8 Å². The fourth-order valence-corrected chi connectivity index (χ4v) is 10.9. The topological polar surface area (TPSA) is 87.6 Å². The molecule has 2 aromatic rings. The number of rotatable bonds is 1. The largest absolute Gasteiger partial charge is 0.508 e. The number of benzene rings is 1. The number of nitrogens with one attached hydrogen (secondary N) is 1. The second kappa shape index (κ2) is 9.77. The predicted molar refractivity (Wildman–Crippen MR) is 169 cm³/mol. The second-order valence-corrected chi connectivity index (χ2v) is 14.7. The molecule has 3 bridgehead atoms. The molecule has 3 N–H and O–H groups in total. The zero-order valence-electron chi connectivity index (χ0n) is 25.3. The van der Waals surface area contributed by atoms with Crippen molar-refractivity contribution in [2.45, 2.75) is 100 Å². The number of hydrogen-bond donors (Lipinski definition) is 3. The van der Waals surface area contributed by atoms with E-state index in [2.05, 4.69) is 39.1 Å². The Hall–Kier alpha value is -2.45. The summed E-state index contributed by atoms with van der Waals surface area (Å²) in [6.45, 7) is 5.05. The van der Waals surface area contributed by atoms with Crippen molar-refractivity contribution in [2.24, 2.45) is 16.3 Å². The summed E-state index contributed by atoms with van der Waals surface area (Å²) in [5, 5.41) is 24.8. The first-order valence-electron chi connectivity index (χ1n) is 17.1. The third-order valence-corrected chi connectivity index (χ3v) is 12.4. The Labute approximate surface area is 254 Å². The Kier molecular flexibility index (Phi) is 6.12. The number of ether oxygens (including phenoxy) is 1. The summed E-state index contributed by atoms with van der Waals surface area (Å²) in [5.74, 6) is 0.601. The molecule has 7 aliphatic rings. The second-order valence-electron chi connectivity index (χ2n) is 14.7. The van der Waals surface area contributed by atoms with E-state index < -0.39 is 11.2 Å². The van der Waals surface area contributed by atoms with Crippen LogP contribution in [0.15, 0.2) is 47.5 Å². The van der Waals surface area contributed by atoms with E-state index >= 15 is 0 Å². The van der Waals surface area contributed by atoms with Crippen LogP contribution in [0.2, 0.25) is 0 Å². The van der Waals surface area contributed by atoms with Crippen molar-refractivity contribution in [2.75, 3.05) is 32.7 Å². The number of hydrogen-bond acceptors (Lipinski definition) is 6. The number of piperidine rings is 1. The van der Waals surface area contributed by atoms with E-state index in [1.54, 1.807) is 6.07 Å². The highest BCUT2D eigenvalue weighted by atomic mass is 16.6. The zero-order valence-corrected chi connectivity index (χ0v) is 25.3. The van der Waals surface area contributed by atoms with Crippen molar-refractivity contribution < 1.29 is 14.9 Å². The average Bonchev–Trinajstić information content (AvgIpc) is 3.56. The summed E-state index contributed by atoms with van der Waals surface area (Å²) in [6, 6.07) is 6.09. The van der Waals surface area contributed by atoms with E-state index in [4.69, 9.17) is 9.73 Å². The molecule has 0 radical (unpaired) electrons. The van der Waals surface area contributed by atoms with Gasteiger partial charge in [-0.15, -0.1) is 0 Å². The smallest absolute Gasteiger partial charge is 0.145 e. The van der Waals surface area contributed by atoms with E-state index in [1.807, 2.05) is 12.1 Å². The van der Waals surface area contributed by atoms with Crippen LogP contribution in [0.4, 0.5) is 0 Å². The molecule has 1 aromatic carbocycles. The number of phenols is 1. The van der Waals surface area contributed by atoms with Crippen LogP contribution in [0.25, 0.3) is 10.9 Å². The number of nitrogens with zero attached hydrogens (tertiary/aromatic N) is 3. The van der Waals surface area contributed by atoms with Gasteiger partial charge in [-0.2, -0.15) is 0 Å². The molecule has 7 nitrogen and oxygen atoms in total. The minimum atomic E-state index is -0.954. The molecule has 8 atom stereocenters. The summed E-state index contributed by atoms with van der Waals surface area (Å²) >= 11 is 0. The van der Waals surface area contributed by atoms with Gasteiger partial charge in [0.1, 0.15) is 23.1 Å². The lowest BCUT2D eigenvalue weighted by Gasteiger charge is -2.59. The van der Waals surface area contributed by atoms with Crippen LogP contribution in [-0.4, -0.2) is 92.8 Å². The van der Waals surface area contributed by atoms with Crippen molar-refractivity contribution in [3.63, 3.8) is 0 Å². The first kappa shape index (κ1) is 26.9. The molecule has 43 heavy (non-hydrogen) atoms. The van der Waals surface area contributed by atoms with Crippen LogP contribution in [0.5, 0.6) is 5.75 Å². The lowest BCUT2D eigenvalue weighted by molar-refractivity contribution is -0.142. The Morgan fingerprint density at radius 2 is 1.86 bits per heavy atom. The van der Waals surface area contributed by atoms with Crippen LogP contribution in [0.1, 0.15) is 75.5 Å². The molecule has 9 rings (SSSR count). The standard InChI is InChI=1S/C36H46N4O3/c41-25-12-13-28-27(21-25)26-14-17-37-31(30(26)38-28)36-29-15-20-39-18-9-5-2-1-4-8-16-35(42,33(36)43-36)32-34(29,23-39)22-24-11-7-3-6-10-19-40(24)32/h1,4,7,11-13,21,24,29,32-33,38,41-42H,2-3,5-6,8-10,14-20,22-23H2/b4-1-,11-7-/t24-,29+,32+,33-,34-,35+,36+/m0/s1. The minimum Gasteiger partial charge on any atom is -0.508 e. The fraction of sp³-hybridized carbons (Fsp3) is 0.639. The van der Waals surface area contributed by atoms with Gasteiger partial charge in [0.15, 0.2) is 0 Å². The molecule has 7 heterocycles. The van der Waals surface area contributed by atoms with Gasteiger partial charge in [0.25, 0.3) is 0 Å². The average molecular weight is 583 g/mol. The zero-order chi connectivity index (χ0) is 28.8. The summed E-state index contributed by atoms with van der Waals surface area (Å²) in [5.41, 5.74) is 2.80. The quantitative estimate of drug-likeness (QED) is 0.321. The Balaban J connectivity index is 1.23. The van der Waals surface area contributed by atoms with Gasteiger partial charge in [0, 0.05) is 47.4 Å². The van der Waals surface area contributed by atoms with Gasteiger partial charge in [-0.3, -0.25) is 9.89 Å².